The molecule has 1 aromatic carbocycles. The molecule has 3 heterocycles. The van der Waals surface area contributed by atoms with Crippen molar-refractivity contribution in [1.82, 2.24) is 9.97 Å². The van der Waals surface area contributed by atoms with Gasteiger partial charge >= 0.3 is 5.69 Å². The summed E-state index contributed by atoms with van der Waals surface area (Å²) in [6.45, 7) is 0. The number of Topliss-reactive ketones (excluding diaryl/α,β-unsaturated/α-hetero) is 1. The van der Waals surface area contributed by atoms with Crippen molar-refractivity contribution >= 4 is 23.2 Å². The summed E-state index contributed by atoms with van der Waals surface area (Å²) in [6, 6.07) is 10.8. The number of aromatic nitrogens is 2. The summed E-state index contributed by atoms with van der Waals surface area (Å²) in [7, 11) is 0. The number of nitrogens with one attached hydrogen (secondary N) is 3. The fourth-order valence-electron chi connectivity index (χ4n) is 4.06. The molecule has 0 amide bonds. The molecule has 0 saturated carbocycles. The van der Waals surface area contributed by atoms with Crippen molar-refractivity contribution in [3.8, 4) is 11.3 Å². The highest BCUT2D eigenvalue weighted by atomic mass is 35.5. The van der Waals surface area contributed by atoms with E-state index in [1.807, 2.05) is 12.1 Å². The molecule has 0 radical (unpaired) electrons. The van der Waals surface area contributed by atoms with Gasteiger partial charge in [0.2, 0.25) is 0 Å². The van der Waals surface area contributed by atoms with Gasteiger partial charge in [-0.1, -0.05) is 11.6 Å². The van der Waals surface area contributed by atoms with Crippen LogP contribution < -0.4 is 16.6 Å². The van der Waals surface area contributed by atoms with Gasteiger partial charge in [-0.05, 0) is 49.2 Å². The van der Waals surface area contributed by atoms with Crippen LogP contribution in [0.15, 0.2) is 61.7 Å². The highest BCUT2D eigenvalue weighted by Crippen LogP contribution is 2.44. The van der Waals surface area contributed by atoms with Gasteiger partial charge in [-0.25, -0.2) is 4.79 Å². The van der Waals surface area contributed by atoms with Crippen LogP contribution in [-0.2, 0) is 4.79 Å². The van der Waals surface area contributed by atoms with Crippen LogP contribution in [0.3, 0.4) is 0 Å². The zero-order chi connectivity index (χ0) is 20.1. The Labute approximate surface area is 169 Å². The minimum absolute atomic E-state index is 0.0237. The van der Waals surface area contributed by atoms with E-state index in [0.717, 1.165) is 11.3 Å². The van der Waals surface area contributed by atoms with E-state index in [4.69, 9.17) is 16.0 Å². The fraction of sp³-hybridized carbons (Fsp3) is 0.190. The second-order valence-electron chi connectivity index (χ2n) is 7.13. The summed E-state index contributed by atoms with van der Waals surface area (Å²) < 4.78 is 6.09. The molecule has 0 spiro atoms. The Balaban J connectivity index is 1.69. The molecule has 8 heteroatoms. The molecule has 5 rings (SSSR count). The van der Waals surface area contributed by atoms with Gasteiger partial charge in [0.15, 0.2) is 5.78 Å². The van der Waals surface area contributed by atoms with E-state index >= 15 is 0 Å². The number of anilines is 1. The van der Waals surface area contributed by atoms with Crippen LogP contribution in [-0.4, -0.2) is 15.8 Å². The largest absolute Gasteiger partial charge is 0.460 e. The van der Waals surface area contributed by atoms with Gasteiger partial charge in [0.25, 0.3) is 5.56 Å². The number of ketones is 1. The van der Waals surface area contributed by atoms with E-state index in [1.165, 1.54) is 0 Å². The normalized spacial score (nSPS) is 18.2. The average molecular weight is 410 g/mol. The first-order valence-electron chi connectivity index (χ1n) is 9.26. The molecule has 3 aromatic rings. The molecule has 2 aliphatic rings. The van der Waals surface area contributed by atoms with E-state index in [0.29, 0.717) is 47.2 Å². The maximum absolute atomic E-state index is 12.8. The number of fused-ring (bicyclic) bond motifs is 1. The number of hydrogen-bond donors (Lipinski definition) is 3. The average Bonchev–Trinajstić information content (AvgIpc) is 3.17. The monoisotopic (exact) mass is 409 g/mol. The molecule has 2 aromatic heterocycles. The Bertz CT molecular complexity index is 1280. The molecule has 3 N–H and O–H groups in total. The number of carbonyl (C=O) groups is 1. The predicted molar refractivity (Wildman–Crippen MR) is 108 cm³/mol. The summed E-state index contributed by atoms with van der Waals surface area (Å²) in [6.07, 6.45) is 1.79. The van der Waals surface area contributed by atoms with E-state index in [-0.39, 0.29) is 11.3 Å². The Morgan fingerprint density at radius 1 is 0.966 bits per heavy atom. The van der Waals surface area contributed by atoms with Crippen LogP contribution in [0.25, 0.3) is 11.3 Å². The standard InChI is InChI=1S/C21H16ClN3O4/c22-11-6-4-10(5-7-11)14-8-9-15(29-14)17-16-12(2-1-3-13(16)26)23-19-18(17)20(27)25-21(28)24-19/h4-9,17H,1-3H2,(H3,23,24,25,27,28). The second-order valence-corrected chi connectivity index (χ2v) is 7.57. The minimum Gasteiger partial charge on any atom is -0.460 e. The van der Waals surface area contributed by atoms with Crippen LogP contribution in [0.2, 0.25) is 5.02 Å². The van der Waals surface area contributed by atoms with E-state index in [2.05, 4.69) is 15.3 Å². The van der Waals surface area contributed by atoms with Gasteiger partial charge in [-0.15, -0.1) is 0 Å². The summed E-state index contributed by atoms with van der Waals surface area (Å²) in [5.41, 5.74) is 1.20. The number of hydrogen-bond acceptors (Lipinski definition) is 5. The Kier molecular flexibility index (Phi) is 4.06. The van der Waals surface area contributed by atoms with Crippen LogP contribution in [0.1, 0.15) is 36.5 Å². The topological polar surface area (TPSA) is 108 Å². The van der Waals surface area contributed by atoms with E-state index in [9.17, 15) is 14.4 Å². The zero-order valence-electron chi connectivity index (χ0n) is 15.2. The van der Waals surface area contributed by atoms with Crippen LogP contribution >= 0.6 is 11.6 Å². The maximum Gasteiger partial charge on any atom is 0.327 e. The van der Waals surface area contributed by atoms with Crippen molar-refractivity contribution in [1.29, 1.82) is 0 Å². The first-order valence-corrected chi connectivity index (χ1v) is 9.64. The lowest BCUT2D eigenvalue weighted by Gasteiger charge is -2.31. The molecule has 1 unspecified atom stereocenters. The quantitative estimate of drug-likeness (QED) is 0.600. The number of halogens is 1. The number of furan rings is 1. The highest BCUT2D eigenvalue weighted by Gasteiger charge is 2.39. The number of carbonyl (C=O) groups excluding carboxylic acids is 1. The van der Waals surface area contributed by atoms with Crippen molar-refractivity contribution in [2.24, 2.45) is 0 Å². The van der Waals surface area contributed by atoms with Crippen LogP contribution in [0, 0.1) is 0 Å². The number of allylic oxidation sites excluding steroid dienone is 2. The van der Waals surface area contributed by atoms with Crippen molar-refractivity contribution < 1.29 is 9.21 Å². The zero-order valence-corrected chi connectivity index (χ0v) is 15.9. The van der Waals surface area contributed by atoms with Gasteiger partial charge in [-0.3, -0.25) is 19.6 Å². The summed E-state index contributed by atoms with van der Waals surface area (Å²) in [5, 5.41) is 3.70. The van der Waals surface area contributed by atoms with Gasteiger partial charge in [0, 0.05) is 28.3 Å². The molecule has 1 aliphatic carbocycles. The number of aromatic amines is 2. The first-order chi connectivity index (χ1) is 14.0. The lowest BCUT2D eigenvalue weighted by molar-refractivity contribution is -0.116. The number of rotatable bonds is 2. The number of H-pyrrole nitrogens is 2. The molecule has 1 atom stereocenters. The summed E-state index contributed by atoms with van der Waals surface area (Å²) in [4.78, 5) is 42.1. The van der Waals surface area contributed by atoms with Gasteiger partial charge in [0.1, 0.15) is 17.3 Å². The maximum atomic E-state index is 12.8. The third kappa shape index (κ3) is 2.94. The second kappa shape index (κ2) is 6.63. The van der Waals surface area contributed by atoms with Crippen LogP contribution in [0.5, 0.6) is 0 Å². The third-order valence-corrected chi connectivity index (χ3v) is 5.58. The molecule has 0 bridgehead atoms. The van der Waals surface area contributed by atoms with Crippen molar-refractivity contribution in [2.45, 2.75) is 25.2 Å². The van der Waals surface area contributed by atoms with Crippen molar-refractivity contribution in [3.05, 3.63) is 84.9 Å². The SMILES string of the molecule is O=C1CCCC2=C1C(c1ccc(-c3ccc(Cl)cc3)o1)c1c([nH]c(=O)[nH]c1=O)N2. The third-order valence-electron chi connectivity index (χ3n) is 5.33. The first kappa shape index (κ1) is 17.8. The van der Waals surface area contributed by atoms with Gasteiger partial charge in [-0.2, -0.15) is 0 Å². The Hall–Kier alpha value is -3.32. The highest BCUT2D eigenvalue weighted by molar-refractivity contribution is 6.30. The molecule has 0 saturated heterocycles. The lowest BCUT2D eigenvalue weighted by atomic mass is 9.79. The summed E-state index contributed by atoms with van der Waals surface area (Å²) in [5.74, 6) is 0.669. The Morgan fingerprint density at radius 3 is 2.55 bits per heavy atom. The van der Waals surface area contributed by atoms with E-state index in [1.54, 1.807) is 24.3 Å². The van der Waals surface area contributed by atoms with Crippen LogP contribution in [0.4, 0.5) is 5.82 Å². The van der Waals surface area contributed by atoms with Crippen molar-refractivity contribution in [3.63, 3.8) is 0 Å². The van der Waals surface area contributed by atoms with Gasteiger partial charge < -0.3 is 9.73 Å². The van der Waals surface area contributed by atoms with E-state index < -0.39 is 17.2 Å². The smallest absolute Gasteiger partial charge is 0.327 e. The fourth-order valence-corrected chi connectivity index (χ4v) is 4.18. The molecule has 1 aliphatic heterocycles. The Morgan fingerprint density at radius 2 is 1.76 bits per heavy atom. The molecular formula is C21H16ClN3O4. The number of benzene rings is 1. The molecule has 29 heavy (non-hydrogen) atoms. The predicted octanol–water partition coefficient (Wildman–Crippen LogP) is 3.54. The van der Waals surface area contributed by atoms with Gasteiger partial charge in [0.05, 0.1) is 11.5 Å². The molecule has 146 valence electrons. The van der Waals surface area contributed by atoms with Crippen molar-refractivity contribution in [2.75, 3.05) is 5.32 Å². The minimum atomic E-state index is -0.685. The molecule has 0 fully saturated rings. The lowest BCUT2D eigenvalue weighted by Crippen LogP contribution is -2.35. The molecule has 7 nitrogen and oxygen atoms in total. The summed E-state index contributed by atoms with van der Waals surface area (Å²) >= 11 is 5.96. The molecular weight excluding hydrogens is 394 g/mol.